The largest absolute Gasteiger partial charge is 0.465 e. The van der Waals surface area contributed by atoms with E-state index < -0.39 is 53.5 Å². The Kier molecular flexibility index (Phi) is 14.4. The van der Waals surface area contributed by atoms with Gasteiger partial charge in [-0.3, -0.25) is 19.4 Å². The molecule has 4 atom stereocenters. The second kappa shape index (κ2) is 17.6. The Labute approximate surface area is 306 Å². The van der Waals surface area contributed by atoms with Crippen LogP contribution in [0.5, 0.6) is 0 Å². The molecule has 51 heavy (non-hydrogen) atoms. The summed E-state index contributed by atoms with van der Waals surface area (Å²) in [7, 11) is 0. The Balaban J connectivity index is 1.89. The summed E-state index contributed by atoms with van der Waals surface area (Å²) in [5.74, 6) is -1.03. The Hall–Kier alpha value is -3.75. The van der Waals surface area contributed by atoms with Crippen molar-refractivity contribution >= 4 is 35.3 Å². The van der Waals surface area contributed by atoms with Crippen LogP contribution in [0.25, 0.3) is 0 Å². The topological polar surface area (TPSA) is 165 Å². The van der Waals surface area contributed by atoms with E-state index in [0.29, 0.717) is 0 Å². The summed E-state index contributed by atoms with van der Waals surface area (Å²) in [6.45, 7) is 19.2. The van der Waals surface area contributed by atoms with E-state index in [0.717, 1.165) is 20.3 Å². The molecule has 1 aliphatic heterocycles. The van der Waals surface area contributed by atoms with Gasteiger partial charge >= 0.3 is 12.2 Å². The van der Waals surface area contributed by atoms with Gasteiger partial charge in [0.1, 0.15) is 17.7 Å². The molecular formula is C37H58N6O7S. The van der Waals surface area contributed by atoms with E-state index in [1.165, 1.54) is 16.2 Å². The first-order chi connectivity index (χ1) is 23.6. The lowest BCUT2D eigenvalue weighted by Crippen LogP contribution is -2.64. The number of thiazole rings is 1. The standard InChI is InChI=1S/C37H58N6O7S/c1-23(2)30(43(34(47)48)20-26-19-38-33(51-26)24(3)4)32(46)39-27(18-25-14-12-11-13-15-25)29(44)22-41-16-17-42(35(49)50-37(8,9)10)21-28(41)31(45)40-36(5,6)7/h11-15,19,23-24,27-30,44H,16-18,20-22H2,1-10H3,(H,39,46)(H,40,45)(H,47,48)/t27-,28-,29+,30-/m0/s1. The molecule has 1 saturated heterocycles. The number of amides is 4. The number of carbonyl (C=O) groups excluding carboxylic acids is 3. The summed E-state index contributed by atoms with van der Waals surface area (Å²) in [6, 6.07) is 6.71. The third kappa shape index (κ3) is 12.8. The number of hydrogen-bond donors (Lipinski definition) is 4. The predicted octanol–water partition coefficient (Wildman–Crippen LogP) is 4.70. The highest BCUT2D eigenvalue weighted by Crippen LogP contribution is 2.25. The molecule has 13 nitrogen and oxygen atoms in total. The molecule has 2 heterocycles. The van der Waals surface area contributed by atoms with Crippen molar-refractivity contribution in [3.8, 4) is 0 Å². The van der Waals surface area contributed by atoms with Gasteiger partial charge in [0.25, 0.3) is 0 Å². The summed E-state index contributed by atoms with van der Waals surface area (Å²) < 4.78 is 5.59. The zero-order valence-corrected chi connectivity index (χ0v) is 32.6. The fourth-order valence-electron chi connectivity index (χ4n) is 5.94. The molecule has 1 aliphatic rings. The van der Waals surface area contributed by atoms with Gasteiger partial charge in [0.2, 0.25) is 11.8 Å². The molecule has 0 spiro atoms. The van der Waals surface area contributed by atoms with Gasteiger partial charge in [0.05, 0.1) is 23.7 Å². The summed E-state index contributed by atoms with van der Waals surface area (Å²) in [6.07, 6.45) is -1.00. The molecular weight excluding hydrogens is 673 g/mol. The fraction of sp³-hybridized carbons (Fsp3) is 0.649. The lowest BCUT2D eigenvalue weighted by molar-refractivity contribution is -0.132. The van der Waals surface area contributed by atoms with Gasteiger partial charge in [0, 0.05) is 48.7 Å². The Morgan fingerprint density at radius 3 is 2.22 bits per heavy atom. The SMILES string of the molecule is CC(C)c1ncc(CN(C(=O)O)[C@H](C(=O)N[C@@H](Cc2ccccc2)[C@H](O)CN2CCN(C(=O)OC(C)(C)C)C[C@H]2C(=O)NC(C)(C)C)C(C)C)s1. The Morgan fingerprint density at radius 2 is 1.69 bits per heavy atom. The normalized spacial score (nSPS) is 17.5. The molecule has 4 amide bonds. The van der Waals surface area contributed by atoms with Gasteiger partial charge in [-0.25, -0.2) is 14.6 Å². The minimum Gasteiger partial charge on any atom is -0.465 e. The number of piperazine rings is 1. The number of hydrogen-bond acceptors (Lipinski definition) is 9. The smallest absolute Gasteiger partial charge is 0.410 e. The molecule has 4 N–H and O–H groups in total. The van der Waals surface area contributed by atoms with E-state index in [9.17, 15) is 29.4 Å². The first-order valence-electron chi connectivity index (χ1n) is 17.7. The van der Waals surface area contributed by atoms with Gasteiger partial charge in [-0.1, -0.05) is 58.0 Å². The fourth-order valence-corrected chi connectivity index (χ4v) is 6.86. The molecule has 0 aliphatic carbocycles. The van der Waals surface area contributed by atoms with Crippen LogP contribution in [0.4, 0.5) is 9.59 Å². The summed E-state index contributed by atoms with van der Waals surface area (Å²) >= 11 is 1.42. The van der Waals surface area contributed by atoms with Crippen molar-refractivity contribution in [2.24, 2.45) is 5.92 Å². The second-order valence-corrected chi connectivity index (χ2v) is 17.1. The molecule has 2 aromatic rings. The van der Waals surface area contributed by atoms with Crippen molar-refractivity contribution in [2.75, 3.05) is 26.2 Å². The molecule has 0 saturated carbocycles. The highest BCUT2D eigenvalue weighted by atomic mass is 32.1. The Morgan fingerprint density at radius 1 is 1.04 bits per heavy atom. The van der Waals surface area contributed by atoms with E-state index in [1.54, 1.807) is 40.8 Å². The number of aliphatic hydroxyl groups excluding tert-OH is 1. The van der Waals surface area contributed by atoms with Gasteiger partial charge in [-0.15, -0.1) is 11.3 Å². The van der Waals surface area contributed by atoms with Crippen LogP contribution in [0.15, 0.2) is 36.5 Å². The monoisotopic (exact) mass is 730 g/mol. The lowest BCUT2D eigenvalue weighted by atomic mass is 9.97. The van der Waals surface area contributed by atoms with E-state index in [1.807, 2.05) is 69.9 Å². The van der Waals surface area contributed by atoms with E-state index in [-0.39, 0.29) is 56.9 Å². The average molecular weight is 731 g/mol. The molecule has 1 fully saturated rings. The summed E-state index contributed by atoms with van der Waals surface area (Å²) in [5.41, 5.74) is -0.393. The van der Waals surface area contributed by atoms with Crippen LogP contribution in [0, 0.1) is 5.92 Å². The number of benzene rings is 1. The van der Waals surface area contributed by atoms with Crippen molar-refractivity contribution in [1.29, 1.82) is 0 Å². The molecule has 1 aromatic heterocycles. The molecule has 0 bridgehead atoms. The van der Waals surface area contributed by atoms with Gasteiger partial charge in [0.15, 0.2) is 0 Å². The van der Waals surface area contributed by atoms with E-state index in [2.05, 4.69) is 15.6 Å². The molecule has 0 radical (unpaired) electrons. The molecule has 0 unspecified atom stereocenters. The van der Waals surface area contributed by atoms with Crippen molar-refractivity contribution in [3.63, 3.8) is 0 Å². The van der Waals surface area contributed by atoms with E-state index >= 15 is 0 Å². The number of carbonyl (C=O) groups is 4. The van der Waals surface area contributed by atoms with Crippen molar-refractivity contribution in [1.82, 2.24) is 30.3 Å². The van der Waals surface area contributed by atoms with Crippen LogP contribution < -0.4 is 10.6 Å². The van der Waals surface area contributed by atoms with Crippen LogP contribution in [0.3, 0.4) is 0 Å². The number of nitrogens with one attached hydrogen (secondary N) is 2. The summed E-state index contributed by atoms with van der Waals surface area (Å²) in [5, 5.41) is 29.0. The highest BCUT2D eigenvalue weighted by molar-refractivity contribution is 7.11. The lowest BCUT2D eigenvalue weighted by Gasteiger charge is -2.43. The van der Waals surface area contributed by atoms with Gasteiger partial charge in [-0.2, -0.15) is 0 Å². The first kappa shape index (κ1) is 41.7. The number of ether oxygens (including phenoxy) is 1. The maximum Gasteiger partial charge on any atom is 0.410 e. The number of β-amino-alcohol motifs (C(OH)–C–C–N with tert-alkyl or cyclic N) is 1. The number of aromatic nitrogens is 1. The first-order valence-corrected chi connectivity index (χ1v) is 18.5. The zero-order chi connectivity index (χ0) is 38.3. The summed E-state index contributed by atoms with van der Waals surface area (Å²) in [4.78, 5) is 63.0. The third-order valence-electron chi connectivity index (χ3n) is 8.33. The zero-order valence-electron chi connectivity index (χ0n) is 31.8. The van der Waals surface area contributed by atoms with Gasteiger partial charge in [-0.05, 0) is 59.4 Å². The third-order valence-corrected chi connectivity index (χ3v) is 9.61. The molecule has 3 rings (SSSR count). The van der Waals surface area contributed by atoms with Crippen LogP contribution >= 0.6 is 11.3 Å². The molecule has 284 valence electrons. The van der Waals surface area contributed by atoms with E-state index in [4.69, 9.17) is 4.74 Å². The van der Waals surface area contributed by atoms with Crippen LogP contribution in [0.2, 0.25) is 0 Å². The second-order valence-electron chi connectivity index (χ2n) is 16.0. The maximum atomic E-state index is 14.1. The minimum absolute atomic E-state index is 0.00557. The minimum atomic E-state index is -1.24. The van der Waals surface area contributed by atoms with Crippen LogP contribution in [-0.4, -0.2) is 115 Å². The number of rotatable bonds is 13. The highest BCUT2D eigenvalue weighted by Gasteiger charge is 2.40. The van der Waals surface area contributed by atoms with Crippen molar-refractivity contribution in [3.05, 3.63) is 52.0 Å². The number of aliphatic hydroxyl groups is 1. The van der Waals surface area contributed by atoms with Crippen LogP contribution in [-0.2, 0) is 27.3 Å². The van der Waals surface area contributed by atoms with Crippen molar-refractivity contribution < 1.29 is 34.1 Å². The van der Waals surface area contributed by atoms with Crippen molar-refractivity contribution in [2.45, 2.75) is 123 Å². The van der Waals surface area contributed by atoms with Gasteiger partial charge < -0.3 is 30.5 Å². The predicted molar refractivity (Wildman–Crippen MR) is 198 cm³/mol. The Bertz CT molecular complexity index is 1470. The average Bonchev–Trinajstić information content (AvgIpc) is 3.48. The van der Waals surface area contributed by atoms with Crippen LogP contribution in [0.1, 0.15) is 90.6 Å². The molecule has 14 heteroatoms. The molecule has 1 aromatic carbocycles. The maximum absolute atomic E-state index is 14.1. The quantitative estimate of drug-likeness (QED) is 0.229. The number of carboxylic acid groups (broad SMARTS) is 1. The number of nitrogens with zero attached hydrogens (tertiary/aromatic N) is 4.